The van der Waals surface area contributed by atoms with Crippen LogP contribution in [0.5, 0.6) is 0 Å². The minimum absolute atomic E-state index is 0.156. The van der Waals surface area contributed by atoms with Crippen molar-refractivity contribution < 1.29 is 14.3 Å². The number of carbonyl (C=O) groups excluding carboxylic acids is 1. The van der Waals surface area contributed by atoms with E-state index in [1.165, 1.54) is 0 Å². The van der Waals surface area contributed by atoms with Crippen molar-refractivity contribution in [1.82, 2.24) is 0 Å². The molecule has 0 aliphatic carbocycles. The Labute approximate surface area is 78.0 Å². The van der Waals surface area contributed by atoms with Crippen LogP contribution in [0.3, 0.4) is 0 Å². The lowest BCUT2D eigenvalue weighted by Crippen LogP contribution is -2.11. The summed E-state index contributed by atoms with van der Waals surface area (Å²) in [5.41, 5.74) is 0.389. The molecule has 1 unspecified atom stereocenters. The molecule has 0 radical (unpaired) electrons. The maximum Gasteiger partial charge on any atom is 0.338 e. The first-order valence-electron chi connectivity index (χ1n) is 4.25. The summed E-state index contributed by atoms with van der Waals surface area (Å²) in [6, 6.07) is 0. The van der Waals surface area contributed by atoms with E-state index in [0.29, 0.717) is 24.5 Å². The second-order valence-electron chi connectivity index (χ2n) is 3.20. The van der Waals surface area contributed by atoms with E-state index in [1.807, 2.05) is 0 Å². The highest BCUT2D eigenvalue weighted by atomic mass is 16.5. The highest BCUT2D eigenvalue weighted by Crippen LogP contribution is 2.21. The predicted octanol–water partition coefficient (Wildman–Crippen LogP) is 1.66. The Hall–Kier alpha value is -1.09. The lowest BCUT2D eigenvalue weighted by molar-refractivity contribution is -0.135. The molecule has 1 rings (SSSR count). The summed E-state index contributed by atoms with van der Waals surface area (Å²) >= 11 is 0. The summed E-state index contributed by atoms with van der Waals surface area (Å²) in [7, 11) is 0. The minimum Gasteiger partial charge on any atom is -0.428 e. The third kappa shape index (κ3) is 2.70. The second-order valence-corrected chi connectivity index (χ2v) is 3.20. The van der Waals surface area contributed by atoms with Gasteiger partial charge in [0.1, 0.15) is 5.76 Å². The molecule has 0 bridgehead atoms. The SMILES string of the molecule is C=C(C)C(=O)OC(=C)C1CCOC1. The average Bonchev–Trinajstić information content (AvgIpc) is 2.55. The van der Waals surface area contributed by atoms with Gasteiger partial charge in [0, 0.05) is 18.1 Å². The van der Waals surface area contributed by atoms with Gasteiger partial charge in [-0.15, -0.1) is 0 Å². The molecule has 0 aromatic carbocycles. The third-order valence-electron chi connectivity index (χ3n) is 1.96. The molecule has 1 atom stereocenters. The molecule has 0 amide bonds. The molecule has 1 aliphatic rings. The van der Waals surface area contributed by atoms with Crippen LogP contribution in [0.2, 0.25) is 0 Å². The van der Waals surface area contributed by atoms with E-state index < -0.39 is 5.97 Å². The van der Waals surface area contributed by atoms with Gasteiger partial charge >= 0.3 is 5.97 Å². The smallest absolute Gasteiger partial charge is 0.338 e. The number of esters is 1. The van der Waals surface area contributed by atoms with Crippen molar-refractivity contribution in [2.45, 2.75) is 13.3 Å². The molecular weight excluding hydrogens is 168 g/mol. The number of hydrogen-bond donors (Lipinski definition) is 0. The zero-order chi connectivity index (χ0) is 9.84. The van der Waals surface area contributed by atoms with Crippen molar-refractivity contribution in [3.8, 4) is 0 Å². The van der Waals surface area contributed by atoms with Crippen LogP contribution in [-0.4, -0.2) is 19.2 Å². The van der Waals surface area contributed by atoms with Crippen LogP contribution in [-0.2, 0) is 14.3 Å². The van der Waals surface area contributed by atoms with E-state index in [-0.39, 0.29) is 5.92 Å². The van der Waals surface area contributed by atoms with Gasteiger partial charge in [-0.25, -0.2) is 4.79 Å². The molecule has 0 aromatic heterocycles. The fourth-order valence-electron chi connectivity index (χ4n) is 1.08. The lowest BCUT2D eigenvalue weighted by Gasteiger charge is -2.11. The molecule has 0 spiro atoms. The summed E-state index contributed by atoms with van der Waals surface area (Å²) < 4.78 is 10.1. The Balaban J connectivity index is 2.40. The third-order valence-corrected chi connectivity index (χ3v) is 1.96. The summed E-state index contributed by atoms with van der Waals surface area (Å²) in [6.45, 7) is 10.1. The van der Waals surface area contributed by atoms with E-state index in [4.69, 9.17) is 9.47 Å². The van der Waals surface area contributed by atoms with Gasteiger partial charge in [-0.2, -0.15) is 0 Å². The van der Waals surface area contributed by atoms with Crippen molar-refractivity contribution in [3.05, 3.63) is 24.5 Å². The molecule has 3 nitrogen and oxygen atoms in total. The Bertz CT molecular complexity index is 237. The van der Waals surface area contributed by atoms with Crippen molar-refractivity contribution in [2.24, 2.45) is 5.92 Å². The van der Waals surface area contributed by atoms with Gasteiger partial charge in [-0.1, -0.05) is 13.2 Å². The average molecular weight is 182 g/mol. The highest BCUT2D eigenvalue weighted by Gasteiger charge is 2.21. The molecule has 1 fully saturated rings. The number of rotatable bonds is 3. The summed E-state index contributed by atoms with van der Waals surface area (Å²) in [4.78, 5) is 11.1. The summed E-state index contributed by atoms with van der Waals surface area (Å²) in [5.74, 6) is 0.241. The largest absolute Gasteiger partial charge is 0.428 e. The number of ether oxygens (including phenoxy) is 2. The predicted molar refractivity (Wildman–Crippen MR) is 49.0 cm³/mol. The van der Waals surface area contributed by atoms with Crippen LogP contribution in [0.15, 0.2) is 24.5 Å². The van der Waals surface area contributed by atoms with Gasteiger partial charge in [-0.3, -0.25) is 0 Å². The van der Waals surface area contributed by atoms with E-state index in [1.54, 1.807) is 6.92 Å². The molecule has 13 heavy (non-hydrogen) atoms. The van der Waals surface area contributed by atoms with E-state index >= 15 is 0 Å². The lowest BCUT2D eigenvalue weighted by atomic mass is 10.1. The molecule has 0 saturated carbocycles. The fraction of sp³-hybridized carbons (Fsp3) is 0.500. The monoisotopic (exact) mass is 182 g/mol. The van der Waals surface area contributed by atoms with Crippen LogP contribution >= 0.6 is 0 Å². The summed E-state index contributed by atoms with van der Waals surface area (Å²) in [6.07, 6.45) is 0.877. The molecule has 72 valence electrons. The Morgan fingerprint density at radius 3 is 2.69 bits per heavy atom. The first kappa shape index (κ1) is 9.99. The van der Waals surface area contributed by atoms with Crippen molar-refractivity contribution in [3.63, 3.8) is 0 Å². The zero-order valence-corrected chi connectivity index (χ0v) is 7.84. The van der Waals surface area contributed by atoms with Gasteiger partial charge in [0.15, 0.2) is 0 Å². The maximum absolute atomic E-state index is 11.1. The Kier molecular flexibility index (Phi) is 3.25. The van der Waals surface area contributed by atoms with Crippen molar-refractivity contribution in [1.29, 1.82) is 0 Å². The normalized spacial score (nSPS) is 21.2. The molecular formula is C10H14O3. The highest BCUT2D eigenvalue weighted by molar-refractivity contribution is 5.87. The summed E-state index contributed by atoms with van der Waals surface area (Å²) in [5, 5.41) is 0. The first-order chi connectivity index (χ1) is 6.11. The van der Waals surface area contributed by atoms with E-state index in [2.05, 4.69) is 13.2 Å². The number of carbonyl (C=O) groups is 1. The van der Waals surface area contributed by atoms with Gasteiger partial charge in [0.05, 0.1) is 6.61 Å². The molecule has 3 heteroatoms. The van der Waals surface area contributed by atoms with E-state index in [0.717, 1.165) is 6.42 Å². The second kappa shape index (κ2) is 4.23. The van der Waals surface area contributed by atoms with Crippen LogP contribution in [0.1, 0.15) is 13.3 Å². The fourth-order valence-corrected chi connectivity index (χ4v) is 1.08. The van der Waals surface area contributed by atoms with E-state index in [9.17, 15) is 4.79 Å². The maximum atomic E-state index is 11.1. The van der Waals surface area contributed by atoms with Gasteiger partial charge in [-0.05, 0) is 13.3 Å². The van der Waals surface area contributed by atoms with Crippen LogP contribution in [0, 0.1) is 5.92 Å². The number of hydrogen-bond acceptors (Lipinski definition) is 3. The van der Waals surface area contributed by atoms with Gasteiger partial charge < -0.3 is 9.47 Å². The first-order valence-corrected chi connectivity index (χ1v) is 4.25. The van der Waals surface area contributed by atoms with Gasteiger partial charge in [0.2, 0.25) is 0 Å². The molecule has 1 aliphatic heterocycles. The topological polar surface area (TPSA) is 35.5 Å². The minimum atomic E-state index is -0.406. The quantitative estimate of drug-likeness (QED) is 0.378. The van der Waals surface area contributed by atoms with Gasteiger partial charge in [0.25, 0.3) is 0 Å². The van der Waals surface area contributed by atoms with Crippen LogP contribution in [0.25, 0.3) is 0 Å². The van der Waals surface area contributed by atoms with Crippen molar-refractivity contribution in [2.75, 3.05) is 13.2 Å². The zero-order valence-electron chi connectivity index (χ0n) is 7.84. The Morgan fingerprint density at radius 1 is 1.54 bits per heavy atom. The van der Waals surface area contributed by atoms with Crippen LogP contribution < -0.4 is 0 Å². The van der Waals surface area contributed by atoms with Crippen molar-refractivity contribution >= 4 is 5.97 Å². The molecule has 0 aromatic rings. The standard InChI is InChI=1S/C10H14O3/c1-7(2)10(11)13-8(3)9-4-5-12-6-9/h9H,1,3-6H2,2H3. The Morgan fingerprint density at radius 2 is 2.23 bits per heavy atom. The molecule has 1 saturated heterocycles. The van der Waals surface area contributed by atoms with Crippen LogP contribution in [0.4, 0.5) is 0 Å². The molecule has 1 heterocycles. The molecule has 0 N–H and O–H groups in total.